The minimum atomic E-state index is -0.142. The van der Waals surface area contributed by atoms with Crippen molar-refractivity contribution in [1.82, 2.24) is 16.2 Å². The van der Waals surface area contributed by atoms with Gasteiger partial charge in [-0.15, -0.1) is 11.3 Å². The van der Waals surface area contributed by atoms with Crippen LogP contribution in [0.15, 0.2) is 30.3 Å². The molecule has 1 aromatic heterocycles. The van der Waals surface area contributed by atoms with E-state index in [0.29, 0.717) is 11.7 Å². The van der Waals surface area contributed by atoms with Crippen LogP contribution in [-0.2, 0) is 19.3 Å². The summed E-state index contributed by atoms with van der Waals surface area (Å²) in [6.45, 7) is 0.677. The second kappa shape index (κ2) is 7.96. The number of benzene rings is 1. The van der Waals surface area contributed by atoms with Crippen LogP contribution in [-0.4, -0.2) is 17.6 Å². The number of hydrogen-bond donors (Lipinski definition) is 3. The molecule has 3 N–H and O–H groups in total. The van der Waals surface area contributed by atoms with Crippen LogP contribution in [0.3, 0.4) is 0 Å². The normalized spacial score (nSPS) is 12.5. The maximum absolute atomic E-state index is 12.1. The van der Waals surface area contributed by atoms with E-state index in [4.69, 9.17) is 23.8 Å². The Labute approximate surface area is 155 Å². The van der Waals surface area contributed by atoms with Crippen molar-refractivity contribution in [3.8, 4) is 0 Å². The summed E-state index contributed by atoms with van der Waals surface area (Å²) in [5.41, 5.74) is 7.88. The lowest BCUT2D eigenvalue weighted by Crippen LogP contribution is -2.47. The molecule has 4 nitrogen and oxygen atoms in total. The highest BCUT2D eigenvalue weighted by Gasteiger charge is 2.18. The maximum atomic E-state index is 12.1. The lowest BCUT2D eigenvalue weighted by Gasteiger charge is -2.11. The molecule has 0 aliphatic heterocycles. The molecule has 24 heavy (non-hydrogen) atoms. The highest BCUT2D eigenvalue weighted by Crippen LogP contribution is 2.30. The largest absolute Gasteiger partial charge is 0.361 e. The minimum Gasteiger partial charge on any atom is -0.361 e. The van der Waals surface area contributed by atoms with Gasteiger partial charge in [0, 0.05) is 16.4 Å². The third-order valence-corrected chi connectivity index (χ3v) is 5.61. The number of fused-ring (bicyclic) bond motifs is 1. The van der Waals surface area contributed by atoms with Crippen LogP contribution >= 0.6 is 35.2 Å². The molecule has 7 heteroatoms. The van der Waals surface area contributed by atoms with Crippen molar-refractivity contribution in [2.24, 2.45) is 0 Å². The number of hydrazine groups is 1. The van der Waals surface area contributed by atoms with E-state index in [0.717, 1.165) is 29.2 Å². The van der Waals surface area contributed by atoms with Crippen molar-refractivity contribution in [3.63, 3.8) is 0 Å². The lowest BCUT2D eigenvalue weighted by atomic mass is 10.1. The third kappa shape index (κ3) is 4.47. The van der Waals surface area contributed by atoms with Gasteiger partial charge in [-0.1, -0.05) is 23.7 Å². The number of thiocarbonyl (C=S) groups is 1. The Bertz CT molecular complexity index is 721. The van der Waals surface area contributed by atoms with Crippen molar-refractivity contribution in [3.05, 3.63) is 56.2 Å². The number of carbonyl (C=O) groups is 1. The number of hydrogen-bond acceptors (Lipinski definition) is 3. The first-order chi connectivity index (χ1) is 11.6. The molecule has 0 saturated heterocycles. The van der Waals surface area contributed by atoms with Crippen molar-refractivity contribution in [2.45, 2.75) is 25.7 Å². The molecule has 1 heterocycles. The van der Waals surface area contributed by atoms with E-state index < -0.39 is 0 Å². The van der Waals surface area contributed by atoms with Gasteiger partial charge in [0.05, 0.1) is 4.88 Å². The number of rotatable bonds is 4. The van der Waals surface area contributed by atoms with Crippen LogP contribution in [0.4, 0.5) is 0 Å². The Morgan fingerprint density at radius 3 is 2.75 bits per heavy atom. The molecule has 1 amide bonds. The molecule has 0 saturated carbocycles. The van der Waals surface area contributed by atoms with Crippen LogP contribution in [0.25, 0.3) is 0 Å². The predicted molar refractivity (Wildman–Crippen MR) is 103 cm³/mol. The van der Waals surface area contributed by atoms with Crippen LogP contribution in [0.1, 0.15) is 32.1 Å². The SMILES string of the molecule is O=C(NNC(=S)NCCc1ccc(Cl)cc1)c1cc2c(s1)CCC2. The first kappa shape index (κ1) is 17.2. The molecule has 1 aliphatic rings. The molecule has 0 radical (unpaired) electrons. The van der Waals surface area contributed by atoms with Gasteiger partial charge in [-0.25, -0.2) is 0 Å². The lowest BCUT2D eigenvalue weighted by molar-refractivity contribution is 0.0947. The molecule has 126 valence electrons. The summed E-state index contributed by atoms with van der Waals surface area (Å²) in [5, 5.41) is 4.20. The quantitative estimate of drug-likeness (QED) is 0.564. The topological polar surface area (TPSA) is 53.2 Å². The second-order valence-electron chi connectivity index (χ2n) is 5.62. The molecule has 0 bridgehead atoms. The Kier molecular flexibility index (Phi) is 5.71. The van der Waals surface area contributed by atoms with Crippen molar-refractivity contribution < 1.29 is 4.79 Å². The zero-order valence-corrected chi connectivity index (χ0v) is 15.4. The Morgan fingerprint density at radius 1 is 1.21 bits per heavy atom. The number of nitrogens with one attached hydrogen (secondary N) is 3. The Morgan fingerprint density at radius 2 is 2.00 bits per heavy atom. The van der Waals surface area contributed by atoms with Gasteiger partial charge in [-0.3, -0.25) is 15.6 Å². The summed E-state index contributed by atoms with van der Waals surface area (Å²) in [7, 11) is 0. The molecular formula is C17H18ClN3OS2. The second-order valence-corrected chi connectivity index (χ2v) is 7.61. The molecule has 0 spiro atoms. The number of thiophene rings is 1. The summed E-state index contributed by atoms with van der Waals surface area (Å²) >= 11 is 12.6. The number of aryl methyl sites for hydroxylation is 2. The fourth-order valence-electron chi connectivity index (χ4n) is 2.63. The molecule has 1 aliphatic carbocycles. The van der Waals surface area contributed by atoms with Gasteiger partial charge >= 0.3 is 0 Å². The predicted octanol–water partition coefficient (Wildman–Crippen LogP) is 3.24. The summed E-state index contributed by atoms with van der Waals surface area (Å²) in [6, 6.07) is 9.69. The van der Waals surface area contributed by atoms with E-state index in [1.165, 1.54) is 22.4 Å². The fraction of sp³-hybridized carbons (Fsp3) is 0.294. The van der Waals surface area contributed by atoms with Crippen molar-refractivity contribution in [2.75, 3.05) is 6.54 Å². The molecule has 1 aromatic carbocycles. The number of halogens is 1. The number of amides is 1. The Hall–Kier alpha value is -1.63. The highest BCUT2D eigenvalue weighted by molar-refractivity contribution is 7.80. The van der Waals surface area contributed by atoms with Crippen LogP contribution in [0, 0.1) is 0 Å². The first-order valence-electron chi connectivity index (χ1n) is 7.82. The zero-order chi connectivity index (χ0) is 16.9. The zero-order valence-electron chi connectivity index (χ0n) is 13.0. The van der Waals surface area contributed by atoms with Crippen molar-refractivity contribution >= 4 is 46.2 Å². The van der Waals surface area contributed by atoms with Gasteiger partial charge in [0.15, 0.2) is 5.11 Å². The fourth-order valence-corrected chi connectivity index (χ4v) is 4.06. The summed E-state index contributed by atoms with van der Waals surface area (Å²) in [5.74, 6) is -0.142. The van der Waals surface area contributed by atoms with Crippen LogP contribution < -0.4 is 16.2 Å². The number of carbonyl (C=O) groups excluding carboxylic acids is 1. The van der Waals surface area contributed by atoms with E-state index in [1.807, 2.05) is 30.3 Å². The average molecular weight is 380 g/mol. The minimum absolute atomic E-state index is 0.142. The standard InChI is InChI=1S/C17H18ClN3OS2/c18-13-6-4-11(5-7-13)8-9-19-17(23)21-20-16(22)15-10-12-2-1-3-14(12)24-15/h4-7,10H,1-3,8-9H2,(H,20,22)(H2,19,21,23). The van der Waals surface area contributed by atoms with Crippen LogP contribution in [0.5, 0.6) is 0 Å². The van der Waals surface area contributed by atoms with Gasteiger partial charge in [0.2, 0.25) is 0 Å². The van der Waals surface area contributed by atoms with E-state index in [-0.39, 0.29) is 5.91 Å². The molecular weight excluding hydrogens is 362 g/mol. The smallest absolute Gasteiger partial charge is 0.279 e. The van der Waals surface area contributed by atoms with Gasteiger partial charge < -0.3 is 5.32 Å². The highest BCUT2D eigenvalue weighted by atomic mass is 35.5. The molecule has 2 aromatic rings. The summed E-state index contributed by atoms with van der Waals surface area (Å²) < 4.78 is 0. The Balaban J connectivity index is 1.38. The van der Waals surface area contributed by atoms with Gasteiger partial charge in [-0.2, -0.15) is 0 Å². The monoisotopic (exact) mass is 379 g/mol. The molecule has 0 fully saturated rings. The van der Waals surface area contributed by atoms with Gasteiger partial charge in [0.1, 0.15) is 0 Å². The summed E-state index contributed by atoms with van der Waals surface area (Å²) in [6.07, 6.45) is 4.19. The van der Waals surface area contributed by atoms with E-state index >= 15 is 0 Å². The third-order valence-electron chi connectivity index (χ3n) is 3.87. The van der Waals surface area contributed by atoms with Gasteiger partial charge in [-0.05, 0) is 67.2 Å². The average Bonchev–Trinajstić information content (AvgIpc) is 3.16. The van der Waals surface area contributed by atoms with Crippen molar-refractivity contribution in [1.29, 1.82) is 0 Å². The first-order valence-corrected chi connectivity index (χ1v) is 9.42. The summed E-state index contributed by atoms with van der Waals surface area (Å²) in [4.78, 5) is 14.2. The van der Waals surface area contributed by atoms with E-state index in [9.17, 15) is 4.79 Å². The van der Waals surface area contributed by atoms with E-state index in [2.05, 4.69) is 16.2 Å². The molecule has 0 unspecified atom stereocenters. The molecule has 0 atom stereocenters. The maximum Gasteiger partial charge on any atom is 0.279 e. The van der Waals surface area contributed by atoms with E-state index in [1.54, 1.807) is 11.3 Å². The van der Waals surface area contributed by atoms with Crippen LogP contribution in [0.2, 0.25) is 5.02 Å². The molecule has 3 rings (SSSR count). The van der Waals surface area contributed by atoms with Gasteiger partial charge in [0.25, 0.3) is 5.91 Å².